The maximum Gasteiger partial charge on any atom is 0.317 e. The van der Waals surface area contributed by atoms with E-state index >= 15 is 0 Å². The van der Waals surface area contributed by atoms with Crippen molar-refractivity contribution in [3.05, 3.63) is 29.6 Å². The van der Waals surface area contributed by atoms with Crippen molar-refractivity contribution in [1.29, 1.82) is 0 Å². The molecule has 0 spiro atoms. The Morgan fingerprint density at radius 1 is 1.16 bits per heavy atom. The number of aromatic nitrogens is 1. The highest BCUT2D eigenvalue weighted by Gasteiger charge is 2.31. The molecular formula is C18H26N4O3. The van der Waals surface area contributed by atoms with Gasteiger partial charge in [-0.05, 0) is 39.3 Å². The number of pyridine rings is 1. The van der Waals surface area contributed by atoms with Crippen LogP contribution in [0, 0.1) is 6.92 Å². The third-order valence-corrected chi connectivity index (χ3v) is 4.67. The predicted octanol–water partition coefficient (Wildman–Crippen LogP) is 1.42. The Kier molecular flexibility index (Phi) is 5.22. The van der Waals surface area contributed by atoms with Gasteiger partial charge < -0.3 is 19.9 Å². The Balaban J connectivity index is 1.53. The van der Waals surface area contributed by atoms with Gasteiger partial charge in [-0.15, -0.1) is 0 Å². The lowest BCUT2D eigenvalue weighted by atomic mass is 10.2. The number of amides is 3. The molecule has 3 heterocycles. The van der Waals surface area contributed by atoms with Crippen LogP contribution < -0.4 is 5.32 Å². The van der Waals surface area contributed by atoms with Crippen LogP contribution in [-0.2, 0) is 4.74 Å². The van der Waals surface area contributed by atoms with Crippen molar-refractivity contribution >= 4 is 11.9 Å². The minimum Gasteiger partial charge on any atom is -0.372 e. The average molecular weight is 346 g/mol. The van der Waals surface area contributed by atoms with Crippen molar-refractivity contribution in [2.75, 3.05) is 26.2 Å². The summed E-state index contributed by atoms with van der Waals surface area (Å²) < 4.78 is 5.66. The summed E-state index contributed by atoms with van der Waals surface area (Å²) in [6.07, 6.45) is 2.47. The molecule has 25 heavy (non-hydrogen) atoms. The number of rotatable bonds is 2. The third-order valence-electron chi connectivity index (χ3n) is 4.67. The summed E-state index contributed by atoms with van der Waals surface area (Å²) >= 11 is 0. The second-order valence-corrected chi connectivity index (χ2v) is 7.04. The number of hydrogen-bond donors (Lipinski definition) is 1. The van der Waals surface area contributed by atoms with Gasteiger partial charge in [-0.25, -0.2) is 4.79 Å². The van der Waals surface area contributed by atoms with Crippen LogP contribution in [0.4, 0.5) is 4.79 Å². The van der Waals surface area contributed by atoms with Gasteiger partial charge in [0.05, 0.1) is 17.8 Å². The molecule has 0 radical (unpaired) electrons. The smallest absolute Gasteiger partial charge is 0.317 e. The van der Waals surface area contributed by atoms with Crippen molar-refractivity contribution < 1.29 is 14.3 Å². The molecule has 3 unspecified atom stereocenters. The summed E-state index contributed by atoms with van der Waals surface area (Å²) in [4.78, 5) is 32.8. The van der Waals surface area contributed by atoms with Crippen molar-refractivity contribution in [3.8, 4) is 0 Å². The quantitative estimate of drug-likeness (QED) is 0.879. The number of morpholine rings is 1. The summed E-state index contributed by atoms with van der Waals surface area (Å²) in [7, 11) is 0. The number of carbonyl (C=O) groups is 2. The van der Waals surface area contributed by atoms with E-state index in [9.17, 15) is 9.59 Å². The molecule has 0 saturated carbocycles. The van der Waals surface area contributed by atoms with Crippen LogP contribution in [-0.4, -0.2) is 71.2 Å². The van der Waals surface area contributed by atoms with Gasteiger partial charge in [0.15, 0.2) is 0 Å². The molecule has 0 bridgehead atoms. The van der Waals surface area contributed by atoms with Crippen molar-refractivity contribution in [3.63, 3.8) is 0 Å². The van der Waals surface area contributed by atoms with Crippen LogP contribution >= 0.6 is 0 Å². The van der Waals surface area contributed by atoms with E-state index in [4.69, 9.17) is 4.74 Å². The van der Waals surface area contributed by atoms with E-state index in [0.717, 1.165) is 12.1 Å². The van der Waals surface area contributed by atoms with E-state index in [2.05, 4.69) is 10.3 Å². The maximum absolute atomic E-state index is 12.5. The van der Waals surface area contributed by atoms with Gasteiger partial charge in [-0.2, -0.15) is 0 Å². The lowest BCUT2D eigenvalue weighted by Gasteiger charge is -2.35. The van der Waals surface area contributed by atoms with Crippen LogP contribution in [0.25, 0.3) is 0 Å². The first kappa shape index (κ1) is 17.7. The summed E-state index contributed by atoms with van der Waals surface area (Å²) in [5.41, 5.74) is 1.48. The Morgan fingerprint density at radius 2 is 1.88 bits per heavy atom. The van der Waals surface area contributed by atoms with E-state index in [0.29, 0.717) is 31.7 Å². The van der Waals surface area contributed by atoms with Crippen molar-refractivity contribution in [1.82, 2.24) is 20.1 Å². The molecule has 3 amide bonds. The molecule has 2 saturated heterocycles. The molecule has 2 aliphatic rings. The van der Waals surface area contributed by atoms with Gasteiger partial charge in [0.1, 0.15) is 0 Å². The van der Waals surface area contributed by atoms with Crippen LogP contribution in [0.5, 0.6) is 0 Å². The van der Waals surface area contributed by atoms with E-state index in [-0.39, 0.29) is 30.2 Å². The number of likely N-dealkylation sites (tertiary alicyclic amines) is 1. The van der Waals surface area contributed by atoms with Crippen LogP contribution in [0.15, 0.2) is 18.3 Å². The Hall–Kier alpha value is -2.15. The lowest BCUT2D eigenvalue weighted by Crippen LogP contribution is -2.53. The van der Waals surface area contributed by atoms with Crippen LogP contribution in [0.2, 0.25) is 0 Å². The highest BCUT2D eigenvalue weighted by Crippen LogP contribution is 2.15. The third kappa shape index (κ3) is 4.28. The largest absolute Gasteiger partial charge is 0.372 e. The molecule has 0 aliphatic carbocycles. The zero-order valence-electron chi connectivity index (χ0n) is 15.1. The minimum atomic E-state index is -0.0710. The molecule has 136 valence electrons. The van der Waals surface area contributed by atoms with E-state index < -0.39 is 0 Å². The van der Waals surface area contributed by atoms with E-state index in [1.807, 2.05) is 26.8 Å². The van der Waals surface area contributed by atoms with E-state index in [1.165, 1.54) is 0 Å². The topological polar surface area (TPSA) is 74.8 Å². The van der Waals surface area contributed by atoms with Crippen LogP contribution in [0.3, 0.4) is 0 Å². The summed E-state index contributed by atoms with van der Waals surface area (Å²) in [5, 5.41) is 3.06. The molecule has 2 fully saturated rings. The first-order chi connectivity index (χ1) is 11.9. The molecule has 1 aromatic heterocycles. The highest BCUT2D eigenvalue weighted by molar-refractivity contribution is 5.94. The monoisotopic (exact) mass is 346 g/mol. The second kappa shape index (κ2) is 7.39. The lowest BCUT2D eigenvalue weighted by molar-refractivity contribution is -0.0547. The van der Waals surface area contributed by atoms with E-state index in [1.54, 1.807) is 22.1 Å². The molecule has 2 aliphatic heterocycles. The van der Waals surface area contributed by atoms with Crippen molar-refractivity contribution in [2.45, 2.75) is 45.4 Å². The second-order valence-electron chi connectivity index (χ2n) is 7.04. The number of carbonyl (C=O) groups excluding carboxylic acids is 2. The molecule has 3 atom stereocenters. The summed E-state index contributed by atoms with van der Waals surface area (Å²) in [5.74, 6) is -0.0298. The van der Waals surface area contributed by atoms with Gasteiger partial charge in [-0.1, -0.05) is 0 Å². The summed E-state index contributed by atoms with van der Waals surface area (Å²) in [6, 6.07) is 3.55. The number of nitrogens with one attached hydrogen (secondary N) is 1. The Morgan fingerprint density at radius 3 is 2.52 bits per heavy atom. The zero-order valence-corrected chi connectivity index (χ0v) is 15.1. The summed E-state index contributed by atoms with van der Waals surface area (Å²) in [6.45, 7) is 8.22. The van der Waals surface area contributed by atoms with Gasteiger partial charge in [0.25, 0.3) is 5.91 Å². The number of nitrogens with zero attached hydrogens (tertiary/aromatic N) is 3. The molecular weight excluding hydrogens is 320 g/mol. The standard InChI is InChI=1S/C18H26N4O3/c1-12-4-5-15(8-19-12)17(23)21-7-6-16(11-21)20-18(24)22-9-13(2)25-14(3)10-22/h4-5,8,13-14,16H,6-7,9-11H2,1-3H3,(H,20,24). The predicted molar refractivity (Wildman–Crippen MR) is 93.4 cm³/mol. The zero-order chi connectivity index (χ0) is 18.0. The van der Waals surface area contributed by atoms with Gasteiger partial charge in [0.2, 0.25) is 0 Å². The molecule has 3 rings (SSSR count). The molecule has 7 heteroatoms. The number of ether oxygens (including phenoxy) is 1. The first-order valence-corrected chi connectivity index (χ1v) is 8.85. The fourth-order valence-electron chi connectivity index (χ4n) is 3.45. The molecule has 1 N–H and O–H groups in total. The maximum atomic E-state index is 12.5. The average Bonchev–Trinajstić information content (AvgIpc) is 3.02. The molecule has 7 nitrogen and oxygen atoms in total. The molecule has 1 aromatic rings. The van der Waals surface area contributed by atoms with Gasteiger partial charge >= 0.3 is 6.03 Å². The van der Waals surface area contributed by atoms with Gasteiger partial charge in [-0.3, -0.25) is 9.78 Å². The van der Waals surface area contributed by atoms with Crippen LogP contribution in [0.1, 0.15) is 36.3 Å². The fraction of sp³-hybridized carbons (Fsp3) is 0.611. The minimum absolute atomic E-state index is 0.0108. The SMILES string of the molecule is Cc1ccc(C(=O)N2CCC(NC(=O)N3CC(C)OC(C)C3)C2)cn1. The molecule has 0 aromatic carbocycles. The van der Waals surface area contributed by atoms with Gasteiger partial charge in [0, 0.05) is 44.1 Å². The highest BCUT2D eigenvalue weighted by atomic mass is 16.5. The Bertz CT molecular complexity index is 624. The normalized spacial score (nSPS) is 26.6. The Labute approximate surface area is 148 Å². The number of hydrogen-bond acceptors (Lipinski definition) is 4. The first-order valence-electron chi connectivity index (χ1n) is 8.85. The fourth-order valence-corrected chi connectivity index (χ4v) is 3.45. The number of urea groups is 1. The number of aryl methyl sites for hydroxylation is 1. The van der Waals surface area contributed by atoms with Crippen molar-refractivity contribution in [2.24, 2.45) is 0 Å².